The molecule has 0 aromatic rings. The van der Waals surface area contributed by atoms with Gasteiger partial charge in [-0.3, -0.25) is 4.79 Å². The molecule has 1 rings (SSSR count). The lowest BCUT2D eigenvalue weighted by Gasteiger charge is -2.23. The molecule has 1 saturated heterocycles. The number of carbonyl (C=O) groups is 1. The van der Waals surface area contributed by atoms with E-state index in [1.165, 1.54) is 0 Å². The van der Waals surface area contributed by atoms with Crippen LogP contribution in [0.4, 0.5) is 0 Å². The van der Waals surface area contributed by atoms with Gasteiger partial charge in [-0.15, -0.1) is 0 Å². The first kappa shape index (κ1) is 13.0. The minimum absolute atomic E-state index is 0.0922. The van der Waals surface area contributed by atoms with E-state index < -0.39 is 6.10 Å². The van der Waals surface area contributed by atoms with Crippen LogP contribution in [0.25, 0.3) is 0 Å². The maximum atomic E-state index is 12.0. The second-order valence-electron chi connectivity index (χ2n) is 5.37. The summed E-state index contributed by atoms with van der Waals surface area (Å²) in [6.45, 7) is 9.10. The van der Waals surface area contributed by atoms with Crippen LogP contribution in [0.2, 0.25) is 0 Å². The van der Waals surface area contributed by atoms with Gasteiger partial charge in [-0.25, -0.2) is 0 Å². The molecule has 0 aliphatic carbocycles. The van der Waals surface area contributed by atoms with Gasteiger partial charge in [0.15, 0.2) is 0 Å². The highest BCUT2D eigenvalue weighted by Gasteiger charge is 2.41. The molecule has 1 aliphatic heterocycles. The highest BCUT2D eigenvalue weighted by Crippen LogP contribution is 2.31. The van der Waals surface area contributed by atoms with Crippen molar-refractivity contribution in [3.8, 4) is 0 Å². The molecule has 0 spiro atoms. The van der Waals surface area contributed by atoms with Crippen LogP contribution in [0.15, 0.2) is 0 Å². The summed E-state index contributed by atoms with van der Waals surface area (Å²) in [7, 11) is 0. The maximum absolute atomic E-state index is 12.0. The number of β-amino-alcohol motifs (C(OH)–C–C–N with tert-alkyl or cyclic N) is 1. The number of hydrogen-bond donors (Lipinski definition) is 1. The lowest BCUT2D eigenvalue weighted by Crippen LogP contribution is -2.38. The molecule has 1 amide bonds. The van der Waals surface area contributed by atoms with Crippen molar-refractivity contribution in [2.24, 2.45) is 11.3 Å². The Bertz CT molecular complexity index is 253. The molecule has 1 aliphatic rings. The number of aliphatic hydroxyl groups excluding tert-OH is 1. The minimum atomic E-state index is -0.409. The molecule has 2 atom stereocenters. The third-order valence-electron chi connectivity index (χ3n) is 3.03. The van der Waals surface area contributed by atoms with Crippen LogP contribution in [0.5, 0.6) is 0 Å². The van der Waals surface area contributed by atoms with E-state index in [-0.39, 0.29) is 22.1 Å². The zero-order valence-corrected chi connectivity index (χ0v) is 11.4. The fourth-order valence-electron chi connectivity index (χ4n) is 1.75. The number of amides is 1. The van der Waals surface area contributed by atoms with E-state index >= 15 is 0 Å². The van der Waals surface area contributed by atoms with Crippen LogP contribution in [0.1, 0.15) is 27.7 Å². The van der Waals surface area contributed by atoms with Gasteiger partial charge in [0, 0.05) is 18.5 Å². The van der Waals surface area contributed by atoms with Gasteiger partial charge in [0.05, 0.1) is 10.9 Å². The number of aliphatic hydroxyl groups is 1. The zero-order valence-electron chi connectivity index (χ0n) is 9.83. The Morgan fingerprint density at radius 3 is 2.40 bits per heavy atom. The van der Waals surface area contributed by atoms with Crippen molar-refractivity contribution in [1.29, 1.82) is 0 Å². The van der Waals surface area contributed by atoms with Crippen molar-refractivity contribution < 1.29 is 9.90 Å². The normalized spacial score (nSPS) is 27.1. The molecule has 15 heavy (non-hydrogen) atoms. The molecule has 0 saturated carbocycles. The third-order valence-corrected chi connectivity index (χ3v) is 4.48. The second-order valence-corrected chi connectivity index (χ2v) is 6.36. The van der Waals surface area contributed by atoms with Gasteiger partial charge in [-0.1, -0.05) is 43.6 Å². The predicted molar refractivity (Wildman–Crippen MR) is 63.9 cm³/mol. The van der Waals surface area contributed by atoms with Crippen molar-refractivity contribution in [1.82, 2.24) is 4.90 Å². The van der Waals surface area contributed by atoms with E-state index in [9.17, 15) is 9.90 Å². The van der Waals surface area contributed by atoms with Crippen LogP contribution >= 0.6 is 15.9 Å². The molecule has 0 radical (unpaired) electrons. The fraction of sp³-hybridized carbons (Fsp3) is 0.909. The standard InChI is InChI=1S/C11H20BrNO2/c1-7(2)9(12)10(15)13-5-8(14)11(3,4)6-13/h7-9,14H,5-6H2,1-4H3. The Morgan fingerprint density at radius 2 is 2.07 bits per heavy atom. The molecule has 3 nitrogen and oxygen atoms in total. The quantitative estimate of drug-likeness (QED) is 0.780. The molecule has 0 aromatic carbocycles. The Balaban J connectivity index is 2.65. The molecule has 1 N–H and O–H groups in total. The van der Waals surface area contributed by atoms with Gasteiger partial charge in [0.25, 0.3) is 0 Å². The van der Waals surface area contributed by atoms with Crippen molar-refractivity contribution >= 4 is 21.8 Å². The molecule has 0 bridgehead atoms. The van der Waals surface area contributed by atoms with Crippen LogP contribution in [-0.2, 0) is 4.79 Å². The van der Waals surface area contributed by atoms with Crippen molar-refractivity contribution in [3.63, 3.8) is 0 Å². The van der Waals surface area contributed by atoms with Gasteiger partial charge in [0.1, 0.15) is 0 Å². The van der Waals surface area contributed by atoms with E-state index in [0.29, 0.717) is 13.1 Å². The summed E-state index contributed by atoms with van der Waals surface area (Å²) >= 11 is 3.40. The maximum Gasteiger partial charge on any atom is 0.236 e. The molecular weight excluding hydrogens is 258 g/mol. The average molecular weight is 278 g/mol. The monoisotopic (exact) mass is 277 g/mol. The summed E-state index contributed by atoms with van der Waals surface area (Å²) in [5.41, 5.74) is -0.181. The van der Waals surface area contributed by atoms with E-state index in [1.54, 1.807) is 4.90 Å². The second kappa shape index (κ2) is 4.42. The molecule has 88 valence electrons. The van der Waals surface area contributed by atoms with Crippen molar-refractivity contribution in [3.05, 3.63) is 0 Å². The molecular formula is C11H20BrNO2. The number of carbonyl (C=O) groups excluding carboxylic acids is 1. The van der Waals surface area contributed by atoms with Gasteiger partial charge in [-0.05, 0) is 5.92 Å². The van der Waals surface area contributed by atoms with Gasteiger partial charge < -0.3 is 10.0 Å². The number of alkyl halides is 1. The number of hydrogen-bond acceptors (Lipinski definition) is 2. The summed E-state index contributed by atoms with van der Waals surface area (Å²) in [5.74, 6) is 0.369. The molecule has 4 heteroatoms. The Labute approximate surface area is 100.0 Å². The summed E-state index contributed by atoms with van der Waals surface area (Å²) in [4.78, 5) is 13.6. The van der Waals surface area contributed by atoms with Gasteiger partial charge in [-0.2, -0.15) is 0 Å². The van der Waals surface area contributed by atoms with Crippen molar-refractivity contribution in [2.45, 2.75) is 38.6 Å². The Hall–Kier alpha value is -0.0900. The highest BCUT2D eigenvalue weighted by molar-refractivity contribution is 9.10. The summed E-state index contributed by atoms with van der Waals surface area (Å²) in [6, 6.07) is 0. The van der Waals surface area contributed by atoms with E-state index in [0.717, 1.165) is 0 Å². The van der Waals surface area contributed by atoms with Crippen LogP contribution in [-0.4, -0.2) is 39.9 Å². The lowest BCUT2D eigenvalue weighted by atomic mass is 9.90. The predicted octanol–water partition coefficient (Wildman–Crippen LogP) is 1.64. The minimum Gasteiger partial charge on any atom is -0.391 e. The smallest absolute Gasteiger partial charge is 0.236 e. The number of halogens is 1. The summed E-state index contributed by atoms with van der Waals surface area (Å²) in [6.07, 6.45) is -0.409. The van der Waals surface area contributed by atoms with Crippen LogP contribution in [0.3, 0.4) is 0 Å². The first-order valence-corrected chi connectivity index (χ1v) is 6.28. The summed E-state index contributed by atoms with van der Waals surface area (Å²) < 4.78 is 0. The van der Waals surface area contributed by atoms with E-state index in [2.05, 4.69) is 15.9 Å². The van der Waals surface area contributed by atoms with E-state index in [1.807, 2.05) is 27.7 Å². The SMILES string of the molecule is CC(C)C(Br)C(=O)N1CC(O)C(C)(C)C1. The lowest BCUT2D eigenvalue weighted by molar-refractivity contribution is -0.130. The molecule has 0 aromatic heterocycles. The Morgan fingerprint density at radius 1 is 1.53 bits per heavy atom. The first-order chi connectivity index (χ1) is 6.75. The number of rotatable bonds is 2. The van der Waals surface area contributed by atoms with E-state index in [4.69, 9.17) is 0 Å². The number of nitrogens with zero attached hydrogens (tertiary/aromatic N) is 1. The van der Waals surface area contributed by atoms with Crippen LogP contribution < -0.4 is 0 Å². The van der Waals surface area contributed by atoms with Crippen molar-refractivity contribution in [2.75, 3.05) is 13.1 Å². The topological polar surface area (TPSA) is 40.5 Å². The zero-order chi connectivity index (χ0) is 11.8. The third kappa shape index (κ3) is 2.72. The average Bonchev–Trinajstić information content (AvgIpc) is 2.39. The molecule has 1 heterocycles. The number of likely N-dealkylation sites (tertiary alicyclic amines) is 1. The van der Waals surface area contributed by atoms with Gasteiger partial charge in [0.2, 0.25) is 5.91 Å². The first-order valence-electron chi connectivity index (χ1n) is 5.36. The fourth-order valence-corrected chi connectivity index (χ4v) is 2.03. The Kier molecular flexibility index (Phi) is 3.82. The van der Waals surface area contributed by atoms with Gasteiger partial charge >= 0.3 is 0 Å². The summed E-state index contributed by atoms with van der Waals surface area (Å²) in [5, 5.41) is 9.79. The molecule has 2 unspecified atom stereocenters. The highest BCUT2D eigenvalue weighted by atomic mass is 79.9. The van der Waals surface area contributed by atoms with Crippen LogP contribution in [0, 0.1) is 11.3 Å². The largest absolute Gasteiger partial charge is 0.391 e. The molecule has 1 fully saturated rings.